The van der Waals surface area contributed by atoms with Crippen molar-refractivity contribution < 1.29 is 9.47 Å². The summed E-state index contributed by atoms with van der Waals surface area (Å²) in [6.45, 7) is 5.31. The molecule has 1 aliphatic carbocycles. The summed E-state index contributed by atoms with van der Waals surface area (Å²) in [6.07, 6.45) is 6.78. The molecule has 0 unspecified atom stereocenters. The molecule has 7 heteroatoms. The van der Waals surface area contributed by atoms with E-state index in [4.69, 9.17) is 9.47 Å². The summed E-state index contributed by atoms with van der Waals surface area (Å²) in [5, 5.41) is 6.57. The molecule has 2 aliphatic rings. The largest absolute Gasteiger partial charge is 0.477 e. The van der Waals surface area contributed by atoms with Gasteiger partial charge in [-0.1, -0.05) is 0 Å². The van der Waals surface area contributed by atoms with Crippen molar-refractivity contribution in [1.29, 1.82) is 0 Å². The molecule has 0 amide bonds. The van der Waals surface area contributed by atoms with Crippen LogP contribution in [-0.4, -0.2) is 56.5 Å². The Morgan fingerprint density at radius 2 is 1.77 bits per heavy atom. The van der Waals surface area contributed by atoms with E-state index >= 15 is 0 Å². The third kappa shape index (κ3) is 5.83. The molecule has 1 aromatic carbocycles. The Labute approximate surface area is 179 Å². The van der Waals surface area contributed by atoms with E-state index in [9.17, 15) is 0 Å². The topological polar surface area (TPSA) is 71.5 Å². The van der Waals surface area contributed by atoms with Crippen molar-refractivity contribution in [3.8, 4) is 5.88 Å². The number of nitrogens with zero attached hydrogens (tertiary/aromatic N) is 3. The number of hydrogen-bond acceptors (Lipinski definition) is 7. The van der Waals surface area contributed by atoms with Crippen LogP contribution in [0, 0.1) is 11.8 Å². The molecule has 2 heterocycles. The second kappa shape index (κ2) is 10.6. The molecule has 1 saturated carbocycles. The van der Waals surface area contributed by atoms with Crippen LogP contribution in [0.2, 0.25) is 0 Å². The van der Waals surface area contributed by atoms with Gasteiger partial charge in [-0.05, 0) is 75.4 Å². The Kier molecular flexibility index (Phi) is 7.37. The van der Waals surface area contributed by atoms with Gasteiger partial charge < -0.3 is 25.0 Å². The van der Waals surface area contributed by atoms with Crippen LogP contribution in [0.5, 0.6) is 5.88 Å². The van der Waals surface area contributed by atoms with Gasteiger partial charge in [0.15, 0.2) is 0 Å². The summed E-state index contributed by atoms with van der Waals surface area (Å²) in [5.74, 6) is 2.63. The van der Waals surface area contributed by atoms with Gasteiger partial charge in [-0.2, -0.15) is 4.98 Å². The number of morpholine rings is 1. The summed E-state index contributed by atoms with van der Waals surface area (Å²) >= 11 is 0. The molecule has 2 fully saturated rings. The zero-order chi connectivity index (χ0) is 20.6. The number of hydrogen-bond donors (Lipinski definition) is 2. The molecular weight excluding hydrogens is 378 g/mol. The highest BCUT2D eigenvalue weighted by atomic mass is 16.5. The molecule has 2 aromatic rings. The summed E-state index contributed by atoms with van der Waals surface area (Å²) in [7, 11) is 2.04. The van der Waals surface area contributed by atoms with Crippen LogP contribution in [0.1, 0.15) is 25.7 Å². The van der Waals surface area contributed by atoms with Gasteiger partial charge in [-0.3, -0.25) is 0 Å². The lowest BCUT2D eigenvalue weighted by atomic mass is 9.82. The van der Waals surface area contributed by atoms with E-state index in [1.165, 1.54) is 31.4 Å². The smallest absolute Gasteiger partial charge is 0.230 e. The minimum absolute atomic E-state index is 0.560. The number of benzene rings is 1. The van der Waals surface area contributed by atoms with Crippen molar-refractivity contribution in [2.75, 3.05) is 56.7 Å². The zero-order valence-electron chi connectivity index (χ0n) is 17.8. The monoisotopic (exact) mass is 411 g/mol. The minimum atomic E-state index is 0.560. The second-order valence-corrected chi connectivity index (χ2v) is 8.25. The van der Waals surface area contributed by atoms with Gasteiger partial charge >= 0.3 is 0 Å². The molecule has 0 atom stereocenters. The molecule has 1 aromatic heterocycles. The molecule has 1 aliphatic heterocycles. The van der Waals surface area contributed by atoms with Gasteiger partial charge in [-0.15, -0.1) is 0 Å². The first kappa shape index (κ1) is 20.9. The van der Waals surface area contributed by atoms with Gasteiger partial charge in [0.1, 0.15) is 0 Å². The molecule has 4 rings (SSSR count). The minimum Gasteiger partial charge on any atom is -0.477 e. The van der Waals surface area contributed by atoms with Crippen LogP contribution in [0.3, 0.4) is 0 Å². The van der Waals surface area contributed by atoms with Crippen molar-refractivity contribution >= 4 is 17.3 Å². The van der Waals surface area contributed by atoms with Crippen molar-refractivity contribution in [2.45, 2.75) is 25.7 Å². The maximum atomic E-state index is 5.99. The third-order valence-corrected chi connectivity index (χ3v) is 6.06. The summed E-state index contributed by atoms with van der Waals surface area (Å²) in [6, 6.07) is 10.2. The number of ether oxygens (including phenoxy) is 2. The van der Waals surface area contributed by atoms with E-state index in [1.807, 2.05) is 13.1 Å². The fourth-order valence-electron chi connectivity index (χ4n) is 4.28. The van der Waals surface area contributed by atoms with Gasteiger partial charge in [0, 0.05) is 36.7 Å². The SMILES string of the molecule is CNCC1CCC(COc2ccnc(Nc3ccc(N4CCOCC4)cc3)n2)CC1. The molecule has 0 bridgehead atoms. The van der Waals surface area contributed by atoms with Gasteiger partial charge in [0.2, 0.25) is 11.8 Å². The number of nitrogens with one attached hydrogen (secondary N) is 2. The molecule has 0 spiro atoms. The molecule has 1 saturated heterocycles. The molecule has 162 valence electrons. The Bertz CT molecular complexity index is 771. The Morgan fingerprint density at radius 1 is 1.03 bits per heavy atom. The zero-order valence-corrected chi connectivity index (χ0v) is 17.8. The molecule has 7 nitrogen and oxygen atoms in total. The van der Waals surface area contributed by atoms with Crippen LogP contribution in [0.15, 0.2) is 36.5 Å². The van der Waals surface area contributed by atoms with Crippen molar-refractivity contribution in [1.82, 2.24) is 15.3 Å². The van der Waals surface area contributed by atoms with Gasteiger partial charge in [0.05, 0.1) is 19.8 Å². The molecule has 0 radical (unpaired) electrons. The Hall–Kier alpha value is -2.38. The van der Waals surface area contributed by atoms with E-state index in [0.717, 1.165) is 51.1 Å². The average molecular weight is 412 g/mol. The van der Waals surface area contributed by atoms with Crippen LogP contribution in [0.4, 0.5) is 17.3 Å². The maximum absolute atomic E-state index is 5.99. The highest BCUT2D eigenvalue weighted by Gasteiger charge is 2.21. The first-order chi connectivity index (χ1) is 14.8. The average Bonchev–Trinajstić information content (AvgIpc) is 2.80. The van der Waals surface area contributed by atoms with E-state index in [-0.39, 0.29) is 0 Å². The van der Waals surface area contributed by atoms with Crippen molar-refractivity contribution in [3.63, 3.8) is 0 Å². The third-order valence-electron chi connectivity index (χ3n) is 6.06. The van der Waals surface area contributed by atoms with Crippen LogP contribution >= 0.6 is 0 Å². The fourth-order valence-corrected chi connectivity index (χ4v) is 4.28. The summed E-state index contributed by atoms with van der Waals surface area (Å²) < 4.78 is 11.4. The number of rotatable bonds is 8. The lowest BCUT2D eigenvalue weighted by Crippen LogP contribution is -2.36. The standard InChI is InChI=1S/C23H33N5O2/c1-24-16-18-2-4-19(5-3-18)17-30-22-10-11-25-23(27-22)26-20-6-8-21(9-7-20)28-12-14-29-15-13-28/h6-11,18-19,24H,2-5,12-17H2,1H3,(H,25,26,27). The van der Waals surface area contributed by atoms with E-state index in [2.05, 4.69) is 49.8 Å². The predicted molar refractivity (Wildman–Crippen MR) is 120 cm³/mol. The number of aromatic nitrogens is 2. The Balaban J connectivity index is 1.27. The van der Waals surface area contributed by atoms with Crippen molar-refractivity contribution in [3.05, 3.63) is 36.5 Å². The van der Waals surface area contributed by atoms with Crippen LogP contribution < -0.4 is 20.3 Å². The van der Waals surface area contributed by atoms with E-state index < -0.39 is 0 Å². The predicted octanol–water partition coefficient (Wildman–Crippen LogP) is 3.46. The highest BCUT2D eigenvalue weighted by Crippen LogP contribution is 2.29. The summed E-state index contributed by atoms with van der Waals surface area (Å²) in [4.78, 5) is 11.2. The highest BCUT2D eigenvalue weighted by molar-refractivity contribution is 5.59. The molecule has 30 heavy (non-hydrogen) atoms. The molecular formula is C23H33N5O2. The van der Waals surface area contributed by atoms with Crippen LogP contribution in [0.25, 0.3) is 0 Å². The van der Waals surface area contributed by atoms with Gasteiger partial charge in [-0.25, -0.2) is 4.98 Å². The maximum Gasteiger partial charge on any atom is 0.230 e. The van der Waals surface area contributed by atoms with Crippen molar-refractivity contribution in [2.24, 2.45) is 11.8 Å². The van der Waals surface area contributed by atoms with Gasteiger partial charge in [0.25, 0.3) is 0 Å². The Morgan fingerprint density at radius 3 is 2.50 bits per heavy atom. The fraction of sp³-hybridized carbons (Fsp3) is 0.565. The first-order valence-electron chi connectivity index (χ1n) is 11.1. The summed E-state index contributed by atoms with van der Waals surface area (Å²) in [5.41, 5.74) is 2.18. The van der Waals surface area contributed by atoms with Crippen LogP contribution in [-0.2, 0) is 4.74 Å². The normalized spacial score (nSPS) is 22.0. The molecule has 2 N–H and O–H groups in total. The van der Waals surface area contributed by atoms with E-state index in [1.54, 1.807) is 6.20 Å². The second-order valence-electron chi connectivity index (χ2n) is 8.25. The van der Waals surface area contributed by atoms with E-state index in [0.29, 0.717) is 17.7 Å². The lowest BCUT2D eigenvalue weighted by molar-refractivity contribution is 0.122. The quantitative estimate of drug-likeness (QED) is 0.689. The lowest BCUT2D eigenvalue weighted by Gasteiger charge is -2.28. The first-order valence-corrected chi connectivity index (χ1v) is 11.1. The number of anilines is 3.